The lowest BCUT2D eigenvalue weighted by Crippen LogP contribution is -2.31. The molecule has 0 bridgehead atoms. The maximum atomic E-state index is 13.8. The van der Waals surface area contributed by atoms with Crippen molar-refractivity contribution in [3.05, 3.63) is 70.0 Å². The van der Waals surface area contributed by atoms with E-state index in [0.29, 0.717) is 5.56 Å². The normalized spacial score (nSPS) is 11.8. The van der Waals surface area contributed by atoms with Crippen molar-refractivity contribution in [1.29, 1.82) is 0 Å². The van der Waals surface area contributed by atoms with E-state index in [-0.39, 0.29) is 17.0 Å². The summed E-state index contributed by atoms with van der Waals surface area (Å²) in [5, 5.41) is 11.6. The predicted octanol–water partition coefficient (Wildman–Crippen LogP) is 3.73. The number of benzene rings is 2. The summed E-state index contributed by atoms with van der Waals surface area (Å²) in [6.45, 7) is 1.90. The van der Waals surface area contributed by atoms with E-state index < -0.39 is 23.7 Å². The van der Waals surface area contributed by atoms with Gasteiger partial charge in [0, 0.05) is 0 Å². The first kappa shape index (κ1) is 17.0. The van der Waals surface area contributed by atoms with Crippen molar-refractivity contribution in [2.24, 2.45) is 0 Å². The lowest BCUT2D eigenvalue weighted by molar-refractivity contribution is -0.137. The van der Waals surface area contributed by atoms with Crippen molar-refractivity contribution in [2.75, 3.05) is 0 Å². The third-order valence-corrected chi connectivity index (χ3v) is 3.67. The van der Waals surface area contributed by atoms with Gasteiger partial charge in [0.05, 0.1) is 23.0 Å². The first-order valence-electron chi connectivity index (χ1n) is 6.91. The van der Waals surface area contributed by atoms with Crippen LogP contribution >= 0.6 is 11.6 Å². The number of halogens is 2. The van der Waals surface area contributed by atoms with E-state index in [1.54, 1.807) is 12.1 Å². The highest BCUT2D eigenvalue weighted by molar-refractivity contribution is 6.33. The fraction of sp³-hybridized carbons (Fsp3) is 0.176. The highest BCUT2D eigenvalue weighted by Crippen LogP contribution is 2.22. The first-order valence-corrected chi connectivity index (χ1v) is 7.29. The van der Waals surface area contributed by atoms with Gasteiger partial charge in [0.15, 0.2) is 0 Å². The Balaban J connectivity index is 2.29. The second-order valence-electron chi connectivity index (χ2n) is 5.13. The molecule has 0 aliphatic carbocycles. The molecule has 1 atom stereocenters. The Morgan fingerprint density at radius 2 is 1.87 bits per heavy atom. The van der Waals surface area contributed by atoms with E-state index in [9.17, 15) is 14.0 Å². The molecule has 0 aliphatic rings. The second kappa shape index (κ2) is 7.24. The van der Waals surface area contributed by atoms with Crippen LogP contribution in [0.15, 0.2) is 42.5 Å². The molecule has 6 heteroatoms. The zero-order valence-electron chi connectivity index (χ0n) is 12.3. The fourth-order valence-electron chi connectivity index (χ4n) is 2.17. The third-order valence-electron chi connectivity index (χ3n) is 3.35. The summed E-state index contributed by atoms with van der Waals surface area (Å²) in [4.78, 5) is 23.3. The monoisotopic (exact) mass is 335 g/mol. The average Bonchev–Trinajstić information content (AvgIpc) is 2.46. The zero-order valence-corrected chi connectivity index (χ0v) is 13.1. The van der Waals surface area contributed by atoms with Crippen molar-refractivity contribution < 1.29 is 19.1 Å². The number of carbonyl (C=O) groups excluding carboxylic acids is 1. The van der Waals surface area contributed by atoms with Gasteiger partial charge < -0.3 is 10.4 Å². The molecule has 2 rings (SSSR count). The highest BCUT2D eigenvalue weighted by Gasteiger charge is 2.22. The number of carboxylic acids is 1. The number of carbonyl (C=O) groups is 2. The first-order chi connectivity index (χ1) is 10.9. The van der Waals surface area contributed by atoms with Crippen LogP contribution in [0.1, 0.15) is 33.9 Å². The van der Waals surface area contributed by atoms with Gasteiger partial charge >= 0.3 is 5.97 Å². The van der Waals surface area contributed by atoms with Gasteiger partial charge in [-0.2, -0.15) is 0 Å². The number of nitrogens with one attached hydrogen (secondary N) is 1. The van der Waals surface area contributed by atoms with Gasteiger partial charge in [-0.05, 0) is 24.6 Å². The summed E-state index contributed by atoms with van der Waals surface area (Å²) in [5.74, 6) is -2.58. The molecule has 0 heterocycles. The molecule has 2 aromatic rings. The van der Waals surface area contributed by atoms with E-state index in [4.69, 9.17) is 16.7 Å². The van der Waals surface area contributed by atoms with Crippen LogP contribution in [-0.4, -0.2) is 17.0 Å². The Hall–Kier alpha value is -2.40. The molecular weight excluding hydrogens is 321 g/mol. The maximum absolute atomic E-state index is 13.8. The lowest BCUT2D eigenvalue weighted by Gasteiger charge is -2.18. The van der Waals surface area contributed by atoms with E-state index in [1.165, 1.54) is 12.1 Å². The number of carboxylic acid groups (broad SMARTS) is 1. The molecular formula is C17H15ClFNO3. The number of hydrogen-bond acceptors (Lipinski definition) is 2. The number of aryl methyl sites for hydroxylation is 1. The van der Waals surface area contributed by atoms with Crippen LogP contribution in [0.2, 0.25) is 5.02 Å². The standard InChI is InChI=1S/C17H15ClFNO3/c1-10-5-7-11(8-6-10)14(9-15(21)22)20-17(23)16-12(18)3-2-4-13(16)19/h2-8,14H,9H2,1H3,(H,20,23)(H,21,22). The Morgan fingerprint density at radius 1 is 1.22 bits per heavy atom. The Bertz CT molecular complexity index is 711. The number of hydrogen-bond donors (Lipinski definition) is 2. The Morgan fingerprint density at radius 3 is 2.43 bits per heavy atom. The molecule has 4 nitrogen and oxygen atoms in total. The van der Waals surface area contributed by atoms with Crippen LogP contribution in [0, 0.1) is 12.7 Å². The molecule has 0 spiro atoms. The molecule has 1 amide bonds. The van der Waals surface area contributed by atoms with Crippen molar-refractivity contribution in [3.8, 4) is 0 Å². The van der Waals surface area contributed by atoms with Crippen LogP contribution in [0.4, 0.5) is 4.39 Å². The van der Waals surface area contributed by atoms with E-state index in [1.807, 2.05) is 19.1 Å². The zero-order chi connectivity index (χ0) is 17.0. The number of amides is 1. The maximum Gasteiger partial charge on any atom is 0.305 e. The van der Waals surface area contributed by atoms with Crippen molar-refractivity contribution in [2.45, 2.75) is 19.4 Å². The van der Waals surface area contributed by atoms with Crippen LogP contribution < -0.4 is 5.32 Å². The third kappa shape index (κ3) is 4.29. The predicted molar refractivity (Wildman–Crippen MR) is 85.0 cm³/mol. The van der Waals surface area contributed by atoms with Crippen molar-refractivity contribution in [1.82, 2.24) is 5.32 Å². The molecule has 23 heavy (non-hydrogen) atoms. The van der Waals surface area contributed by atoms with Crippen LogP contribution in [0.3, 0.4) is 0 Å². The SMILES string of the molecule is Cc1ccc(C(CC(=O)O)NC(=O)c2c(F)cccc2Cl)cc1. The van der Waals surface area contributed by atoms with E-state index in [0.717, 1.165) is 11.6 Å². The van der Waals surface area contributed by atoms with Gasteiger partial charge in [-0.25, -0.2) is 4.39 Å². The van der Waals surface area contributed by atoms with Crippen LogP contribution in [-0.2, 0) is 4.79 Å². The van der Waals surface area contributed by atoms with Gasteiger partial charge in [0.1, 0.15) is 5.82 Å². The summed E-state index contributed by atoms with van der Waals surface area (Å²) < 4.78 is 13.8. The molecule has 0 radical (unpaired) electrons. The quantitative estimate of drug-likeness (QED) is 0.874. The molecule has 0 aromatic heterocycles. The average molecular weight is 336 g/mol. The van der Waals surface area contributed by atoms with Gasteiger partial charge in [0.2, 0.25) is 0 Å². The minimum absolute atomic E-state index is 0.0273. The summed E-state index contributed by atoms with van der Waals surface area (Å²) in [5.41, 5.74) is 1.33. The molecule has 0 saturated carbocycles. The molecule has 0 saturated heterocycles. The van der Waals surface area contributed by atoms with E-state index >= 15 is 0 Å². The fourth-order valence-corrected chi connectivity index (χ4v) is 2.42. The van der Waals surface area contributed by atoms with Gasteiger partial charge in [0.25, 0.3) is 5.91 Å². The molecule has 0 aliphatic heterocycles. The topological polar surface area (TPSA) is 66.4 Å². The minimum Gasteiger partial charge on any atom is -0.481 e. The minimum atomic E-state index is -1.07. The largest absolute Gasteiger partial charge is 0.481 e. The molecule has 1 unspecified atom stereocenters. The summed E-state index contributed by atoms with van der Waals surface area (Å²) in [6.07, 6.45) is -0.319. The molecule has 0 fully saturated rings. The lowest BCUT2D eigenvalue weighted by atomic mass is 10.0. The van der Waals surface area contributed by atoms with Crippen molar-refractivity contribution in [3.63, 3.8) is 0 Å². The van der Waals surface area contributed by atoms with Gasteiger partial charge in [-0.1, -0.05) is 47.5 Å². The molecule has 2 N–H and O–H groups in total. The Kier molecular flexibility index (Phi) is 5.34. The van der Waals surface area contributed by atoms with Gasteiger partial charge in [-0.3, -0.25) is 9.59 Å². The smallest absolute Gasteiger partial charge is 0.305 e. The molecule has 2 aromatic carbocycles. The number of rotatable bonds is 5. The van der Waals surface area contributed by atoms with Crippen molar-refractivity contribution >= 4 is 23.5 Å². The summed E-state index contributed by atoms with van der Waals surface area (Å²) in [6, 6.07) is 10.2. The summed E-state index contributed by atoms with van der Waals surface area (Å²) in [7, 11) is 0. The van der Waals surface area contributed by atoms with Gasteiger partial charge in [-0.15, -0.1) is 0 Å². The van der Waals surface area contributed by atoms with Crippen LogP contribution in [0.5, 0.6) is 0 Å². The highest BCUT2D eigenvalue weighted by atomic mass is 35.5. The van der Waals surface area contributed by atoms with E-state index in [2.05, 4.69) is 5.32 Å². The number of aliphatic carboxylic acids is 1. The molecule has 120 valence electrons. The van der Waals surface area contributed by atoms with Crippen LogP contribution in [0.25, 0.3) is 0 Å². The summed E-state index contributed by atoms with van der Waals surface area (Å²) >= 11 is 5.86. The Labute approximate surface area is 137 Å². The second-order valence-corrected chi connectivity index (χ2v) is 5.54.